The number of aromatic nitrogens is 2. The van der Waals surface area contributed by atoms with Crippen LogP contribution in [0.25, 0.3) is 5.69 Å². The number of para-hydroxylation sites is 1. The van der Waals surface area contributed by atoms with Crippen molar-refractivity contribution < 1.29 is 14.3 Å². The van der Waals surface area contributed by atoms with Gasteiger partial charge in [0.15, 0.2) is 5.75 Å². The summed E-state index contributed by atoms with van der Waals surface area (Å²) >= 11 is 12.0. The van der Waals surface area contributed by atoms with E-state index in [1.165, 1.54) is 6.07 Å². The fraction of sp³-hybridized carbons (Fsp3) is 0.150. The van der Waals surface area contributed by atoms with Crippen molar-refractivity contribution in [1.29, 1.82) is 0 Å². The molecule has 0 radical (unpaired) electrons. The molecule has 0 atom stereocenters. The lowest BCUT2D eigenvalue weighted by Crippen LogP contribution is -2.25. The van der Waals surface area contributed by atoms with Crippen molar-refractivity contribution in [1.82, 2.24) is 9.78 Å². The molecule has 0 aliphatic heterocycles. The van der Waals surface area contributed by atoms with Crippen LogP contribution in [0.3, 0.4) is 0 Å². The Balaban J connectivity index is 2.00. The van der Waals surface area contributed by atoms with Crippen molar-refractivity contribution in [3.05, 3.63) is 86.3 Å². The van der Waals surface area contributed by atoms with Crippen LogP contribution in [0.15, 0.2) is 59.4 Å². The van der Waals surface area contributed by atoms with Crippen LogP contribution < -0.4 is 10.3 Å². The van der Waals surface area contributed by atoms with Gasteiger partial charge in [-0.2, -0.15) is 9.78 Å². The highest BCUT2D eigenvalue weighted by Gasteiger charge is 2.20. The molecule has 8 heteroatoms. The number of nitrogens with zero attached hydrogens (tertiary/aromatic N) is 2. The van der Waals surface area contributed by atoms with E-state index in [9.17, 15) is 9.59 Å². The highest BCUT2D eigenvalue weighted by Crippen LogP contribution is 2.21. The second-order valence-electron chi connectivity index (χ2n) is 5.69. The second kappa shape index (κ2) is 8.91. The van der Waals surface area contributed by atoms with E-state index in [0.717, 1.165) is 10.2 Å². The highest BCUT2D eigenvalue weighted by molar-refractivity contribution is 6.32. The number of halogens is 2. The van der Waals surface area contributed by atoms with Crippen LogP contribution in [-0.2, 0) is 11.3 Å². The largest absolute Gasteiger partial charge is 0.486 e. The first-order valence-corrected chi connectivity index (χ1v) is 9.19. The Labute approximate surface area is 171 Å². The number of benzene rings is 2. The van der Waals surface area contributed by atoms with Crippen LogP contribution in [0.2, 0.25) is 10.0 Å². The van der Waals surface area contributed by atoms with Crippen LogP contribution in [0.1, 0.15) is 23.0 Å². The number of esters is 1. The van der Waals surface area contributed by atoms with Gasteiger partial charge in [-0.1, -0.05) is 47.5 Å². The van der Waals surface area contributed by atoms with Gasteiger partial charge >= 0.3 is 5.97 Å². The predicted octanol–water partition coefficient (Wildman–Crippen LogP) is 4.30. The Morgan fingerprint density at radius 2 is 1.82 bits per heavy atom. The lowest BCUT2D eigenvalue weighted by atomic mass is 10.2. The minimum atomic E-state index is -0.700. The number of hydrogen-bond acceptors (Lipinski definition) is 5. The summed E-state index contributed by atoms with van der Waals surface area (Å²) in [4.78, 5) is 24.9. The third kappa shape index (κ3) is 4.52. The molecule has 6 nitrogen and oxygen atoms in total. The molecule has 1 aromatic heterocycles. The summed E-state index contributed by atoms with van der Waals surface area (Å²) in [6, 6.07) is 14.9. The average molecular weight is 419 g/mol. The lowest BCUT2D eigenvalue weighted by molar-refractivity contribution is 0.0511. The van der Waals surface area contributed by atoms with Crippen molar-refractivity contribution >= 4 is 29.2 Å². The minimum Gasteiger partial charge on any atom is -0.486 e. The van der Waals surface area contributed by atoms with Crippen LogP contribution >= 0.6 is 23.2 Å². The molecule has 0 N–H and O–H groups in total. The molecule has 3 aromatic rings. The van der Waals surface area contributed by atoms with E-state index >= 15 is 0 Å². The molecule has 0 fully saturated rings. The maximum absolute atomic E-state index is 12.6. The molecular weight excluding hydrogens is 403 g/mol. The minimum absolute atomic E-state index is 0.0294. The molecular formula is C20H16Cl2N2O4. The first kappa shape index (κ1) is 19.9. The van der Waals surface area contributed by atoms with Gasteiger partial charge in [0, 0.05) is 5.02 Å². The molecule has 3 rings (SSSR count). The van der Waals surface area contributed by atoms with E-state index in [2.05, 4.69) is 5.10 Å². The van der Waals surface area contributed by atoms with Gasteiger partial charge in [-0.25, -0.2) is 4.79 Å². The van der Waals surface area contributed by atoms with Gasteiger partial charge in [-0.05, 0) is 36.8 Å². The fourth-order valence-electron chi connectivity index (χ4n) is 2.43. The molecule has 2 aromatic carbocycles. The van der Waals surface area contributed by atoms with E-state index in [1.54, 1.807) is 55.5 Å². The van der Waals surface area contributed by atoms with Crippen molar-refractivity contribution in [3.63, 3.8) is 0 Å². The first-order valence-electron chi connectivity index (χ1n) is 8.43. The van der Waals surface area contributed by atoms with Crippen LogP contribution in [0.5, 0.6) is 5.75 Å². The monoisotopic (exact) mass is 418 g/mol. The maximum atomic E-state index is 12.6. The first-order chi connectivity index (χ1) is 13.5. The molecule has 0 saturated carbocycles. The Bertz CT molecular complexity index is 1050. The zero-order valence-corrected chi connectivity index (χ0v) is 16.4. The molecule has 0 aliphatic carbocycles. The molecule has 0 unspecified atom stereocenters. The normalized spacial score (nSPS) is 10.5. The quantitative estimate of drug-likeness (QED) is 0.558. The standard InChI is InChI=1S/C20H16Cl2N2O4/c1-2-27-20(26)19-17(28-12-13-7-9-14(21)10-8-13)11-18(25)24(23-19)16-6-4-3-5-15(16)22/h3-11H,2,12H2,1H3. The van der Waals surface area contributed by atoms with E-state index in [0.29, 0.717) is 15.7 Å². The van der Waals surface area contributed by atoms with Crippen LogP contribution in [0.4, 0.5) is 0 Å². The molecule has 1 heterocycles. The summed E-state index contributed by atoms with van der Waals surface area (Å²) in [5, 5.41) is 5.07. The van der Waals surface area contributed by atoms with Crippen molar-refractivity contribution in [2.75, 3.05) is 6.61 Å². The maximum Gasteiger partial charge on any atom is 0.362 e. The summed E-state index contributed by atoms with van der Waals surface area (Å²) in [6.07, 6.45) is 0. The number of carbonyl (C=O) groups is 1. The van der Waals surface area contributed by atoms with E-state index in [1.807, 2.05) is 0 Å². The molecule has 0 saturated heterocycles. The lowest BCUT2D eigenvalue weighted by Gasteiger charge is -2.13. The summed E-state index contributed by atoms with van der Waals surface area (Å²) in [6.45, 7) is 1.96. The number of carbonyl (C=O) groups excluding carboxylic acids is 1. The van der Waals surface area contributed by atoms with Gasteiger partial charge < -0.3 is 9.47 Å². The summed E-state index contributed by atoms with van der Waals surface area (Å²) in [7, 11) is 0. The van der Waals surface area contributed by atoms with Gasteiger partial charge in [-0.3, -0.25) is 4.79 Å². The molecule has 28 heavy (non-hydrogen) atoms. The molecule has 0 aliphatic rings. The Morgan fingerprint density at radius 1 is 1.11 bits per heavy atom. The van der Waals surface area contributed by atoms with E-state index in [-0.39, 0.29) is 24.7 Å². The van der Waals surface area contributed by atoms with Crippen LogP contribution in [-0.4, -0.2) is 22.4 Å². The third-order valence-corrected chi connectivity index (χ3v) is 4.33. The van der Waals surface area contributed by atoms with Gasteiger partial charge in [0.2, 0.25) is 5.69 Å². The molecule has 0 spiro atoms. The fourth-order valence-corrected chi connectivity index (χ4v) is 2.77. The van der Waals surface area contributed by atoms with Gasteiger partial charge in [0.25, 0.3) is 5.56 Å². The predicted molar refractivity (Wildman–Crippen MR) is 107 cm³/mol. The Morgan fingerprint density at radius 3 is 2.50 bits per heavy atom. The van der Waals surface area contributed by atoms with Crippen molar-refractivity contribution in [2.45, 2.75) is 13.5 Å². The highest BCUT2D eigenvalue weighted by atomic mass is 35.5. The summed E-state index contributed by atoms with van der Waals surface area (Å²) in [5.41, 5.74) is 0.557. The van der Waals surface area contributed by atoms with Crippen molar-refractivity contribution in [3.8, 4) is 11.4 Å². The van der Waals surface area contributed by atoms with Gasteiger partial charge in [-0.15, -0.1) is 0 Å². The topological polar surface area (TPSA) is 70.4 Å². The Kier molecular flexibility index (Phi) is 6.34. The number of hydrogen-bond donors (Lipinski definition) is 0. The molecule has 0 amide bonds. The molecule has 144 valence electrons. The molecule has 0 bridgehead atoms. The smallest absolute Gasteiger partial charge is 0.362 e. The Hall–Kier alpha value is -2.83. The summed E-state index contributed by atoms with van der Waals surface area (Å²) in [5.74, 6) is -0.670. The zero-order chi connectivity index (χ0) is 20.1. The SMILES string of the molecule is CCOC(=O)c1nn(-c2ccccc2Cl)c(=O)cc1OCc1ccc(Cl)cc1. The van der Waals surface area contributed by atoms with Crippen LogP contribution in [0, 0.1) is 0 Å². The number of ether oxygens (including phenoxy) is 2. The van der Waals surface area contributed by atoms with Gasteiger partial charge in [0.05, 0.1) is 23.4 Å². The number of rotatable bonds is 6. The van der Waals surface area contributed by atoms with E-state index < -0.39 is 11.5 Å². The van der Waals surface area contributed by atoms with Crippen molar-refractivity contribution in [2.24, 2.45) is 0 Å². The third-order valence-electron chi connectivity index (χ3n) is 3.75. The summed E-state index contributed by atoms with van der Waals surface area (Å²) < 4.78 is 11.8. The van der Waals surface area contributed by atoms with Gasteiger partial charge in [0.1, 0.15) is 6.61 Å². The van der Waals surface area contributed by atoms with E-state index in [4.69, 9.17) is 32.7 Å². The average Bonchev–Trinajstić information content (AvgIpc) is 2.68. The zero-order valence-electron chi connectivity index (χ0n) is 14.9. The second-order valence-corrected chi connectivity index (χ2v) is 6.54.